The highest BCUT2D eigenvalue weighted by molar-refractivity contribution is 6.02. The third kappa shape index (κ3) is 3.37. The van der Waals surface area contributed by atoms with Crippen LogP contribution in [-0.4, -0.2) is 52.0 Å². The highest BCUT2D eigenvalue weighted by atomic mass is 35.5. The van der Waals surface area contributed by atoms with Gasteiger partial charge >= 0.3 is 5.97 Å². The van der Waals surface area contributed by atoms with Crippen LogP contribution in [0.5, 0.6) is 0 Å². The van der Waals surface area contributed by atoms with Gasteiger partial charge in [-0.15, -0.1) is 12.4 Å². The molecule has 0 aliphatic carbocycles. The number of aromatic nitrogens is 1. The quantitative estimate of drug-likeness (QED) is 0.855. The minimum atomic E-state index is -1.00. The zero-order valence-corrected chi connectivity index (χ0v) is 15.8. The minimum Gasteiger partial charge on any atom is -0.478 e. The van der Waals surface area contributed by atoms with Crippen LogP contribution in [0.1, 0.15) is 64.4 Å². The van der Waals surface area contributed by atoms with Crippen LogP contribution in [-0.2, 0) is 12.8 Å². The highest BCUT2D eigenvalue weighted by Crippen LogP contribution is 2.31. The molecule has 0 radical (unpaired) electrons. The normalized spacial score (nSPS) is 20.8. The van der Waals surface area contributed by atoms with Gasteiger partial charge in [0, 0.05) is 18.5 Å². The number of pyridine rings is 1. The van der Waals surface area contributed by atoms with E-state index in [2.05, 4.69) is 17.2 Å². The molecule has 1 atom stereocenters. The van der Waals surface area contributed by atoms with Crippen LogP contribution in [0.4, 0.5) is 0 Å². The van der Waals surface area contributed by atoms with Gasteiger partial charge in [0.2, 0.25) is 0 Å². The Labute approximate surface area is 154 Å². The van der Waals surface area contributed by atoms with Crippen LogP contribution < -0.4 is 5.32 Å². The second-order valence-electron chi connectivity index (χ2n) is 6.79. The van der Waals surface area contributed by atoms with Crippen LogP contribution >= 0.6 is 12.4 Å². The lowest BCUT2D eigenvalue weighted by atomic mass is 9.89. The van der Waals surface area contributed by atoms with E-state index in [0.29, 0.717) is 29.7 Å². The summed E-state index contributed by atoms with van der Waals surface area (Å²) in [5.41, 5.74) is 2.62. The Kier molecular flexibility index (Phi) is 6.06. The predicted octanol–water partition coefficient (Wildman–Crippen LogP) is 2.21. The zero-order chi connectivity index (χ0) is 17.4. The summed E-state index contributed by atoms with van der Waals surface area (Å²) in [6.45, 7) is 7.55. The molecule has 3 heterocycles. The van der Waals surface area contributed by atoms with Gasteiger partial charge in [-0.3, -0.25) is 9.78 Å². The van der Waals surface area contributed by atoms with E-state index >= 15 is 0 Å². The fourth-order valence-electron chi connectivity index (χ4n) is 4.12. The number of halogens is 1. The van der Waals surface area contributed by atoms with Gasteiger partial charge in [-0.25, -0.2) is 4.79 Å². The van der Waals surface area contributed by atoms with Gasteiger partial charge in [-0.1, -0.05) is 6.92 Å². The van der Waals surface area contributed by atoms with Gasteiger partial charge in [0.15, 0.2) is 0 Å². The molecule has 1 unspecified atom stereocenters. The van der Waals surface area contributed by atoms with E-state index in [1.165, 1.54) is 0 Å². The number of nitrogens with zero attached hydrogens (tertiary/aromatic N) is 2. The minimum absolute atomic E-state index is 0. The zero-order valence-electron chi connectivity index (χ0n) is 15.0. The lowest BCUT2D eigenvalue weighted by Crippen LogP contribution is -2.53. The maximum atomic E-state index is 13.2. The highest BCUT2D eigenvalue weighted by Gasteiger charge is 2.38. The molecule has 1 saturated heterocycles. The van der Waals surface area contributed by atoms with Crippen LogP contribution in [0.3, 0.4) is 0 Å². The smallest absolute Gasteiger partial charge is 0.337 e. The van der Waals surface area contributed by atoms with Crippen molar-refractivity contribution in [1.82, 2.24) is 15.2 Å². The average molecular weight is 368 g/mol. The van der Waals surface area contributed by atoms with Crippen LogP contribution in [0, 0.1) is 6.92 Å². The molecule has 138 valence electrons. The first-order valence-electron chi connectivity index (χ1n) is 8.74. The molecule has 1 aromatic rings. The third-order valence-electron chi connectivity index (χ3n) is 5.26. The summed E-state index contributed by atoms with van der Waals surface area (Å²) >= 11 is 0. The van der Waals surface area contributed by atoms with Crippen molar-refractivity contribution >= 4 is 24.3 Å². The van der Waals surface area contributed by atoms with Crippen molar-refractivity contribution in [2.75, 3.05) is 13.1 Å². The molecule has 0 spiro atoms. The fraction of sp³-hybridized carbons (Fsp3) is 0.611. The second-order valence-corrected chi connectivity index (χ2v) is 6.79. The van der Waals surface area contributed by atoms with Crippen LogP contribution in [0.15, 0.2) is 0 Å². The third-order valence-corrected chi connectivity index (χ3v) is 5.26. The topological polar surface area (TPSA) is 82.5 Å². The standard InChI is InChI=1S/C18H25N3O3.ClH/c1-4-13-16(18(23)24)11(3)15-14(20-13)9-10(2)21(17(15)22)12-5-7-19-8-6-12;/h10,12,19H,4-9H2,1-3H3,(H,23,24);1H. The molecule has 1 fully saturated rings. The SMILES string of the molecule is CCc1nc2c(c(C)c1C(=O)O)C(=O)N(C1CCNCC1)C(C)C2.Cl. The van der Waals surface area contributed by atoms with Crippen LogP contribution in [0.2, 0.25) is 0 Å². The molecular weight excluding hydrogens is 342 g/mol. The van der Waals surface area contributed by atoms with Gasteiger partial charge < -0.3 is 15.3 Å². The summed E-state index contributed by atoms with van der Waals surface area (Å²) in [7, 11) is 0. The van der Waals surface area contributed by atoms with Crippen molar-refractivity contribution in [2.24, 2.45) is 0 Å². The number of carbonyl (C=O) groups is 2. The van der Waals surface area contributed by atoms with E-state index in [9.17, 15) is 14.7 Å². The molecule has 25 heavy (non-hydrogen) atoms. The molecule has 1 aromatic heterocycles. The maximum Gasteiger partial charge on any atom is 0.337 e. The first kappa shape index (κ1) is 19.7. The van der Waals surface area contributed by atoms with E-state index < -0.39 is 5.97 Å². The number of hydrogen-bond acceptors (Lipinski definition) is 4. The Hall–Kier alpha value is -1.66. The number of amides is 1. The maximum absolute atomic E-state index is 13.2. The Morgan fingerprint density at radius 2 is 2.00 bits per heavy atom. The molecule has 6 nitrogen and oxygen atoms in total. The Balaban J connectivity index is 0.00000225. The molecule has 0 bridgehead atoms. The second kappa shape index (κ2) is 7.70. The number of rotatable bonds is 3. The van der Waals surface area contributed by atoms with Crippen molar-refractivity contribution in [3.63, 3.8) is 0 Å². The van der Waals surface area contributed by atoms with E-state index in [4.69, 9.17) is 0 Å². The summed E-state index contributed by atoms with van der Waals surface area (Å²) in [6.07, 6.45) is 3.13. The number of carboxylic acids is 1. The Morgan fingerprint density at radius 1 is 1.36 bits per heavy atom. The first-order valence-corrected chi connectivity index (χ1v) is 8.74. The van der Waals surface area contributed by atoms with Crippen molar-refractivity contribution < 1.29 is 14.7 Å². The molecule has 0 aromatic carbocycles. The van der Waals surface area contributed by atoms with E-state index in [-0.39, 0.29) is 36.0 Å². The van der Waals surface area contributed by atoms with Crippen molar-refractivity contribution in [3.05, 3.63) is 28.1 Å². The van der Waals surface area contributed by atoms with Crippen molar-refractivity contribution in [2.45, 2.75) is 58.5 Å². The summed E-state index contributed by atoms with van der Waals surface area (Å²) in [5, 5.41) is 12.9. The van der Waals surface area contributed by atoms with Gasteiger partial charge in [0.05, 0.1) is 22.5 Å². The predicted molar refractivity (Wildman–Crippen MR) is 97.8 cm³/mol. The number of aromatic carboxylic acids is 1. The molecular formula is C18H26ClN3O3. The molecule has 7 heteroatoms. The molecule has 2 N–H and O–H groups in total. The molecule has 2 aliphatic heterocycles. The molecule has 2 aliphatic rings. The van der Waals surface area contributed by atoms with Crippen molar-refractivity contribution in [3.8, 4) is 0 Å². The fourth-order valence-corrected chi connectivity index (χ4v) is 4.12. The number of fused-ring (bicyclic) bond motifs is 1. The molecule has 1 amide bonds. The number of hydrogen-bond donors (Lipinski definition) is 2. The number of aryl methyl sites for hydroxylation is 1. The van der Waals surface area contributed by atoms with E-state index in [0.717, 1.165) is 31.6 Å². The van der Waals surface area contributed by atoms with Crippen molar-refractivity contribution in [1.29, 1.82) is 0 Å². The summed E-state index contributed by atoms with van der Waals surface area (Å²) in [4.78, 5) is 31.4. The average Bonchev–Trinajstić information content (AvgIpc) is 2.54. The summed E-state index contributed by atoms with van der Waals surface area (Å²) in [5.74, 6) is -1.05. The molecule has 0 saturated carbocycles. The Bertz CT molecular complexity index is 687. The van der Waals surface area contributed by atoms with Gasteiger partial charge in [-0.2, -0.15) is 0 Å². The largest absolute Gasteiger partial charge is 0.478 e. The lowest BCUT2D eigenvalue weighted by Gasteiger charge is -2.42. The Morgan fingerprint density at radius 3 is 2.56 bits per heavy atom. The number of piperidine rings is 1. The number of carbonyl (C=O) groups excluding carboxylic acids is 1. The van der Waals surface area contributed by atoms with E-state index in [1.54, 1.807) is 6.92 Å². The van der Waals surface area contributed by atoms with Gasteiger partial charge in [0.1, 0.15) is 0 Å². The van der Waals surface area contributed by atoms with Gasteiger partial charge in [0.25, 0.3) is 5.91 Å². The number of carboxylic acid groups (broad SMARTS) is 1. The molecule has 3 rings (SSSR count). The van der Waals surface area contributed by atoms with Crippen LogP contribution in [0.25, 0.3) is 0 Å². The van der Waals surface area contributed by atoms with E-state index in [1.807, 2.05) is 11.8 Å². The first-order chi connectivity index (χ1) is 11.5. The lowest BCUT2D eigenvalue weighted by molar-refractivity contribution is 0.0509. The monoisotopic (exact) mass is 367 g/mol. The summed E-state index contributed by atoms with van der Waals surface area (Å²) < 4.78 is 0. The van der Waals surface area contributed by atoms with Gasteiger partial charge in [-0.05, 0) is 51.8 Å². The number of nitrogens with one attached hydrogen (secondary N) is 1. The summed E-state index contributed by atoms with van der Waals surface area (Å²) in [6, 6.07) is 0.320.